The van der Waals surface area contributed by atoms with E-state index in [1.54, 1.807) is 24.4 Å². The molecule has 0 saturated heterocycles. The molecule has 0 fully saturated rings. The number of anilines is 1. The molecular formula is C25H18N2O3. The SMILES string of the molecule is O=C(Nc1cccc2ncccc12)c1ccc2c(c1)C[C@H](c1ccccc1)OC2=O. The fourth-order valence-electron chi connectivity index (χ4n) is 3.80. The molecule has 5 rings (SSSR count). The molecule has 5 nitrogen and oxygen atoms in total. The van der Waals surface area contributed by atoms with E-state index < -0.39 is 0 Å². The molecule has 146 valence electrons. The number of carbonyl (C=O) groups excluding carboxylic acids is 2. The Hall–Kier alpha value is -3.99. The molecule has 1 aliphatic heterocycles. The van der Waals surface area contributed by atoms with Crippen molar-refractivity contribution in [2.75, 3.05) is 5.32 Å². The number of cyclic esters (lactones) is 1. The summed E-state index contributed by atoms with van der Waals surface area (Å²) in [6, 6.07) is 24.1. The van der Waals surface area contributed by atoms with Gasteiger partial charge in [-0.05, 0) is 53.6 Å². The van der Waals surface area contributed by atoms with Crippen LogP contribution in [0.1, 0.15) is 37.9 Å². The van der Waals surface area contributed by atoms with Crippen molar-refractivity contribution >= 4 is 28.5 Å². The first kappa shape index (κ1) is 18.1. The van der Waals surface area contributed by atoms with Crippen molar-refractivity contribution in [2.45, 2.75) is 12.5 Å². The minimum Gasteiger partial charge on any atom is -0.454 e. The third-order valence-electron chi connectivity index (χ3n) is 5.31. The van der Waals surface area contributed by atoms with Crippen LogP contribution in [0.4, 0.5) is 5.69 Å². The number of rotatable bonds is 3. The van der Waals surface area contributed by atoms with Gasteiger partial charge in [0, 0.05) is 23.6 Å². The smallest absolute Gasteiger partial charge is 0.339 e. The topological polar surface area (TPSA) is 68.3 Å². The molecule has 1 aromatic heterocycles. The lowest BCUT2D eigenvalue weighted by Gasteiger charge is -2.25. The average Bonchev–Trinajstić information content (AvgIpc) is 2.79. The van der Waals surface area contributed by atoms with Gasteiger partial charge in [0.2, 0.25) is 0 Å². The summed E-state index contributed by atoms with van der Waals surface area (Å²) in [5, 5.41) is 3.84. The van der Waals surface area contributed by atoms with Crippen LogP contribution < -0.4 is 5.32 Å². The zero-order valence-electron chi connectivity index (χ0n) is 16.0. The maximum absolute atomic E-state index is 12.9. The molecule has 0 radical (unpaired) electrons. The van der Waals surface area contributed by atoms with Crippen LogP contribution in [0.2, 0.25) is 0 Å². The molecule has 0 unspecified atom stereocenters. The second-order valence-corrected chi connectivity index (χ2v) is 7.21. The Balaban J connectivity index is 1.44. The zero-order valence-corrected chi connectivity index (χ0v) is 16.0. The van der Waals surface area contributed by atoms with Crippen LogP contribution in [0.25, 0.3) is 10.9 Å². The Morgan fingerprint density at radius 3 is 2.70 bits per heavy atom. The lowest BCUT2D eigenvalue weighted by molar-refractivity contribution is 0.0252. The fourth-order valence-corrected chi connectivity index (χ4v) is 3.80. The van der Waals surface area contributed by atoms with Crippen LogP contribution in [0, 0.1) is 0 Å². The number of amides is 1. The van der Waals surface area contributed by atoms with Crippen molar-refractivity contribution in [3.05, 3.63) is 107 Å². The zero-order chi connectivity index (χ0) is 20.5. The molecule has 1 atom stereocenters. The first-order valence-electron chi connectivity index (χ1n) is 9.73. The van der Waals surface area contributed by atoms with Crippen molar-refractivity contribution in [3.63, 3.8) is 0 Å². The number of nitrogens with zero attached hydrogens (tertiary/aromatic N) is 1. The Bertz CT molecular complexity index is 1260. The van der Waals surface area contributed by atoms with E-state index >= 15 is 0 Å². The second-order valence-electron chi connectivity index (χ2n) is 7.21. The monoisotopic (exact) mass is 394 g/mol. The van der Waals surface area contributed by atoms with Crippen molar-refractivity contribution in [3.8, 4) is 0 Å². The lowest BCUT2D eigenvalue weighted by atomic mass is 9.93. The van der Waals surface area contributed by atoms with E-state index in [9.17, 15) is 9.59 Å². The highest BCUT2D eigenvalue weighted by molar-refractivity contribution is 6.09. The minimum absolute atomic E-state index is 0.232. The molecular weight excluding hydrogens is 376 g/mol. The normalized spacial score (nSPS) is 15.3. The number of hydrogen-bond acceptors (Lipinski definition) is 4. The second kappa shape index (κ2) is 7.44. The number of pyridine rings is 1. The Labute approximate surface area is 173 Å². The van der Waals surface area contributed by atoms with Crippen LogP contribution in [-0.2, 0) is 11.2 Å². The highest BCUT2D eigenvalue weighted by Crippen LogP contribution is 2.31. The molecule has 0 saturated carbocycles. The molecule has 0 spiro atoms. The molecule has 1 amide bonds. The van der Waals surface area contributed by atoms with E-state index in [1.807, 2.05) is 60.7 Å². The largest absolute Gasteiger partial charge is 0.454 e. The summed E-state index contributed by atoms with van der Waals surface area (Å²) in [6.07, 6.45) is 1.90. The molecule has 3 aromatic carbocycles. The van der Waals surface area contributed by atoms with Crippen molar-refractivity contribution in [2.24, 2.45) is 0 Å². The van der Waals surface area contributed by atoms with Crippen molar-refractivity contribution in [1.29, 1.82) is 0 Å². The highest BCUT2D eigenvalue weighted by atomic mass is 16.5. The van der Waals surface area contributed by atoms with E-state index in [4.69, 9.17) is 4.74 Å². The number of esters is 1. The average molecular weight is 394 g/mol. The maximum atomic E-state index is 12.9. The summed E-state index contributed by atoms with van der Waals surface area (Å²) >= 11 is 0. The van der Waals surface area contributed by atoms with Gasteiger partial charge >= 0.3 is 5.97 Å². The van der Waals surface area contributed by atoms with Gasteiger partial charge in [-0.3, -0.25) is 9.78 Å². The van der Waals surface area contributed by atoms with Crippen molar-refractivity contribution in [1.82, 2.24) is 4.98 Å². The number of nitrogens with one attached hydrogen (secondary N) is 1. The first-order chi connectivity index (χ1) is 14.7. The minimum atomic E-state index is -0.364. The van der Waals surface area contributed by atoms with Crippen LogP contribution in [0.5, 0.6) is 0 Å². The molecule has 4 aromatic rings. The predicted molar refractivity (Wildman–Crippen MR) is 114 cm³/mol. The number of benzene rings is 3. The third-order valence-corrected chi connectivity index (χ3v) is 5.31. The van der Waals surface area contributed by atoms with Gasteiger partial charge in [0.05, 0.1) is 16.8 Å². The maximum Gasteiger partial charge on any atom is 0.339 e. The van der Waals surface area contributed by atoms with Crippen LogP contribution >= 0.6 is 0 Å². The van der Waals surface area contributed by atoms with Gasteiger partial charge in [-0.15, -0.1) is 0 Å². The van der Waals surface area contributed by atoms with Crippen LogP contribution in [-0.4, -0.2) is 16.9 Å². The third kappa shape index (κ3) is 3.31. The Morgan fingerprint density at radius 1 is 0.967 bits per heavy atom. The van der Waals surface area contributed by atoms with Gasteiger partial charge < -0.3 is 10.1 Å². The molecule has 0 aliphatic carbocycles. The lowest BCUT2D eigenvalue weighted by Crippen LogP contribution is -2.23. The van der Waals surface area contributed by atoms with Gasteiger partial charge in [0.15, 0.2) is 0 Å². The summed E-state index contributed by atoms with van der Waals surface area (Å²) in [4.78, 5) is 29.7. The van der Waals surface area contributed by atoms with Gasteiger partial charge in [0.1, 0.15) is 6.10 Å². The molecule has 1 aliphatic rings. The first-order valence-corrected chi connectivity index (χ1v) is 9.73. The van der Waals surface area contributed by atoms with Crippen LogP contribution in [0.15, 0.2) is 85.1 Å². The molecule has 2 heterocycles. The highest BCUT2D eigenvalue weighted by Gasteiger charge is 2.28. The number of ether oxygens (including phenoxy) is 1. The number of aromatic nitrogens is 1. The van der Waals surface area contributed by atoms with Crippen molar-refractivity contribution < 1.29 is 14.3 Å². The summed E-state index contributed by atoms with van der Waals surface area (Å²) in [5.41, 5.74) is 4.27. The quantitative estimate of drug-likeness (QED) is 0.500. The van der Waals surface area contributed by atoms with E-state index in [0.717, 1.165) is 22.0 Å². The Kier molecular flexibility index (Phi) is 4.48. The standard InChI is InChI=1S/C25H18N2O3/c28-24(27-22-10-4-9-21-20(22)8-5-13-26-21)17-11-12-19-18(14-17)15-23(30-25(19)29)16-6-2-1-3-7-16/h1-14,23H,15H2,(H,27,28)/t23-/m1/s1. The molecule has 30 heavy (non-hydrogen) atoms. The summed E-state index contributed by atoms with van der Waals surface area (Å²) < 4.78 is 5.60. The molecule has 1 N–H and O–H groups in total. The Morgan fingerprint density at radius 2 is 1.83 bits per heavy atom. The summed E-state index contributed by atoms with van der Waals surface area (Å²) in [5.74, 6) is -0.596. The van der Waals surface area contributed by atoms with Gasteiger partial charge in [-0.2, -0.15) is 0 Å². The summed E-state index contributed by atoms with van der Waals surface area (Å²) in [7, 11) is 0. The summed E-state index contributed by atoms with van der Waals surface area (Å²) in [6.45, 7) is 0. The van der Waals surface area contributed by atoms with E-state index in [0.29, 0.717) is 23.2 Å². The predicted octanol–water partition coefficient (Wildman–Crippen LogP) is 4.94. The van der Waals surface area contributed by atoms with E-state index in [-0.39, 0.29) is 18.0 Å². The van der Waals surface area contributed by atoms with E-state index in [2.05, 4.69) is 10.3 Å². The molecule has 0 bridgehead atoms. The van der Waals surface area contributed by atoms with Crippen LogP contribution in [0.3, 0.4) is 0 Å². The number of hydrogen-bond donors (Lipinski definition) is 1. The number of carbonyl (C=O) groups is 2. The molecule has 5 heteroatoms. The van der Waals surface area contributed by atoms with E-state index in [1.165, 1.54) is 0 Å². The van der Waals surface area contributed by atoms with Gasteiger partial charge in [-0.1, -0.05) is 36.4 Å². The van der Waals surface area contributed by atoms with Gasteiger partial charge in [0.25, 0.3) is 5.91 Å². The van der Waals surface area contributed by atoms with Gasteiger partial charge in [-0.25, -0.2) is 4.79 Å². The fraction of sp³-hybridized carbons (Fsp3) is 0.0800. The number of fused-ring (bicyclic) bond motifs is 2.